The number of fused-ring (bicyclic) bond motifs is 4. The predicted molar refractivity (Wildman–Crippen MR) is 175 cm³/mol. The van der Waals surface area contributed by atoms with E-state index in [1.807, 2.05) is 20.8 Å². The van der Waals surface area contributed by atoms with Crippen molar-refractivity contribution in [1.82, 2.24) is 0 Å². The summed E-state index contributed by atoms with van der Waals surface area (Å²) in [6.07, 6.45) is 10.2. The molecule has 0 N–H and O–H groups in total. The number of hydrogen-bond donors (Lipinski definition) is 0. The van der Waals surface area contributed by atoms with Gasteiger partial charge in [-0.15, -0.1) is 0 Å². The number of carbonyl (C=O) groups is 1. The fourth-order valence-electron chi connectivity index (χ4n) is 12.5. The molecule has 0 aromatic rings. The molecule has 10 aliphatic rings. The van der Waals surface area contributed by atoms with E-state index in [0.717, 1.165) is 51.4 Å². The van der Waals surface area contributed by atoms with Gasteiger partial charge in [-0.05, 0) is 133 Å². The molecule has 4 saturated carbocycles. The molecule has 1 unspecified atom stereocenters. The van der Waals surface area contributed by atoms with Crippen molar-refractivity contribution >= 4 is 5.97 Å². The second-order valence-corrected chi connectivity index (χ2v) is 19.4. The topological polar surface area (TPSA) is 81.7 Å². The molecular formula is C39H62O8. The van der Waals surface area contributed by atoms with Gasteiger partial charge in [-0.25, -0.2) is 19.6 Å². The van der Waals surface area contributed by atoms with Crippen molar-refractivity contribution in [3.63, 3.8) is 0 Å². The van der Waals surface area contributed by atoms with Crippen molar-refractivity contribution in [3.8, 4) is 0 Å². The van der Waals surface area contributed by atoms with Crippen LogP contribution in [0.1, 0.15) is 133 Å². The van der Waals surface area contributed by atoms with Gasteiger partial charge in [0.1, 0.15) is 28.5 Å². The average Bonchev–Trinajstić information content (AvgIpc) is 3.38. The van der Waals surface area contributed by atoms with Gasteiger partial charge in [-0.3, -0.25) is 4.79 Å². The summed E-state index contributed by atoms with van der Waals surface area (Å²) in [4.78, 5) is 39.5. The molecule has 6 aliphatic heterocycles. The van der Waals surface area contributed by atoms with E-state index in [1.54, 1.807) is 0 Å². The van der Waals surface area contributed by atoms with Crippen LogP contribution >= 0.6 is 0 Å². The molecule has 266 valence electrons. The Hall–Kier alpha value is -0.770. The molecule has 6 saturated heterocycles. The van der Waals surface area contributed by atoms with Crippen LogP contribution in [-0.4, -0.2) is 58.9 Å². The average molecular weight is 659 g/mol. The normalized spacial score (nSPS) is 55.7. The fraction of sp³-hybridized carbons (Fsp3) is 0.974. The smallest absolute Gasteiger partial charge is 0.311 e. The SMILES string of the molecule is C[C@H]1[C@@H](C[C@H](OC(=O)C(C)(C)C)C2O[C@@H]3C[C@]4(C)CC[C@H]5[C@H](C)CC[C@@H]([C@H]2C)[C@@]35OO4)O[C@@H]2C[C@]3(C)CC[C@H]4[C@H](C)CC[C@@H]1[C@@]24OO3. The first-order valence-electron chi connectivity index (χ1n) is 19.4. The largest absolute Gasteiger partial charge is 0.459 e. The number of carbonyl (C=O) groups excluding carboxylic acids is 1. The van der Waals surface area contributed by atoms with Crippen LogP contribution in [0.15, 0.2) is 0 Å². The van der Waals surface area contributed by atoms with Crippen LogP contribution in [0.4, 0.5) is 0 Å². The van der Waals surface area contributed by atoms with Crippen molar-refractivity contribution in [1.29, 1.82) is 0 Å². The molecule has 10 rings (SSSR count). The Morgan fingerprint density at radius 1 is 0.702 bits per heavy atom. The van der Waals surface area contributed by atoms with Crippen molar-refractivity contribution in [2.45, 2.75) is 186 Å². The van der Waals surface area contributed by atoms with Gasteiger partial charge in [-0.1, -0.05) is 27.7 Å². The standard InChI is InChI=1S/C39H62O8/c1-21-10-12-27-23(3)29(41-31-19-36(8)16-14-25(21)38(27,31)46-44-36)18-30(42-34(40)35(5,6)7)33-24(4)28-13-11-22(2)26-15-17-37(9)20-32(43-33)39(26,28)47-45-37/h21-33H,10-20H2,1-9H3/t21-,22-,23-,24-,25+,26+,27+,28+,29-,30+,31-,32-,33?,36+,37+,38-,39-/m1/s1. The van der Waals surface area contributed by atoms with Gasteiger partial charge in [0, 0.05) is 19.3 Å². The summed E-state index contributed by atoms with van der Waals surface area (Å²) in [6, 6.07) is 0. The molecule has 4 bridgehead atoms. The number of rotatable bonds is 4. The minimum absolute atomic E-state index is 0.0293. The van der Waals surface area contributed by atoms with Gasteiger partial charge in [0.2, 0.25) is 0 Å². The molecule has 8 heteroatoms. The van der Waals surface area contributed by atoms with Gasteiger partial charge in [0.25, 0.3) is 0 Å². The van der Waals surface area contributed by atoms with Gasteiger partial charge >= 0.3 is 5.97 Å². The Morgan fingerprint density at radius 3 is 1.74 bits per heavy atom. The maximum atomic E-state index is 13.7. The van der Waals surface area contributed by atoms with E-state index in [9.17, 15) is 4.79 Å². The Labute approximate surface area is 282 Å². The maximum absolute atomic E-state index is 13.7. The Kier molecular flexibility index (Phi) is 7.89. The minimum atomic E-state index is -0.620. The first-order chi connectivity index (χ1) is 22.1. The van der Waals surface area contributed by atoms with Crippen molar-refractivity contribution in [2.24, 2.45) is 52.8 Å². The molecule has 47 heavy (non-hydrogen) atoms. The summed E-state index contributed by atoms with van der Waals surface area (Å²) < 4.78 is 21.2. The van der Waals surface area contributed by atoms with Crippen LogP contribution in [0.25, 0.3) is 0 Å². The highest BCUT2D eigenvalue weighted by atomic mass is 17.2. The quantitative estimate of drug-likeness (QED) is 0.224. The molecule has 17 atom stereocenters. The molecule has 0 aromatic heterocycles. The minimum Gasteiger partial charge on any atom is -0.459 e. The van der Waals surface area contributed by atoms with Crippen LogP contribution in [0.3, 0.4) is 0 Å². The molecule has 8 nitrogen and oxygen atoms in total. The highest BCUT2D eigenvalue weighted by molar-refractivity contribution is 5.75. The van der Waals surface area contributed by atoms with Gasteiger partial charge in [0.15, 0.2) is 0 Å². The molecule has 2 spiro atoms. The van der Waals surface area contributed by atoms with E-state index in [2.05, 4.69) is 41.5 Å². The lowest BCUT2D eigenvalue weighted by Crippen LogP contribution is -2.71. The van der Waals surface area contributed by atoms with Crippen LogP contribution < -0.4 is 0 Å². The second-order valence-electron chi connectivity index (χ2n) is 19.4. The van der Waals surface area contributed by atoms with Gasteiger partial charge in [0.05, 0.1) is 29.8 Å². The lowest BCUT2D eigenvalue weighted by atomic mass is 9.55. The number of hydrogen-bond acceptors (Lipinski definition) is 8. The zero-order valence-electron chi connectivity index (χ0n) is 30.5. The molecule has 0 radical (unpaired) electrons. The fourth-order valence-corrected chi connectivity index (χ4v) is 12.5. The lowest BCUT2D eigenvalue weighted by Gasteiger charge is -2.62. The maximum Gasteiger partial charge on any atom is 0.311 e. The zero-order valence-corrected chi connectivity index (χ0v) is 30.5. The molecule has 6 heterocycles. The number of esters is 1. The lowest BCUT2D eigenvalue weighted by molar-refractivity contribution is -0.491. The summed E-state index contributed by atoms with van der Waals surface area (Å²) in [6.45, 7) is 19.7. The van der Waals surface area contributed by atoms with Crippen molar-refractivity contribution in [3.05, 3.63) is 0 Å². The van der Waals surface area contributed by atoms with Crippen molar-refractivity contribution in [2.75, 3.05) is 0 Å². The van der Waals surface area contributed by atoms with E-state index in [0.29, 0.717) is 36.0 Å². The van der Waals surface area contributed by atoms with E-state index in [4.69, 9.17) is 33.8 Å². The highest BCUT2D eigenvalue weighted by Gasteiger charge is 2.70. The molecular weight excluding hydrogens is 596 g/mol. The third-order valence-electron chi connectivity index (χ3n) is 15.3. The van der Waals surface area contributed by atoms with Crippen LogP contribution in [0.5, 0.6) is 0 Å². The molecule has 0 aromatic carbocycles. The van der Waals surface area contributed by atoms with Crippen LogP contribution in [-0.2, 0) is 38.6 Å². The monoisotopic (exact) mass is 658 g/mol. The summed E-state index contributed by atoms with van der Waals surface area (Å²) in [7, 11) is 0. The first kappa shape index (κ1) is 33.4. The van der Waals surface area contributed by atoms with E-state index in [-0.39, 0.29) is 59.3 Å². The Bertz CT molecular complexity index is 1230. The Balaban J connectivity index is 1.13. The molecule has 4 aliphatic carbocycles. The van der Waals surface area contributed by atoms with Crippen LogP contribution in [0, 0.1) is 52.8 Å². The number of ether oxygens (including phenoxy) is 3. The summed E-state index contributed by atoms with van der Waals surface area (Å²) in [5.41, 5.74) is -2.15. The third kappa shape index (κ3) is 4.91. The summed E-state index contributed by atoms with van der Waals surface area (Å²) in [5, 5.41) is 0. The highest BCUT2D eigenvalue weighted by Crippen LogP contribution is 2.64. The molecule has 0 amide bonds. The van der Waals surface area contributed by atoms with Gasteiger partial charge < -0.3 is 14.2 Å². The Morgan fingerprint density at radius 2 is 1.21 bits per heavy atom. The molecule has 10 fully saturated rings. The zero-order chi connectivity index (χ0) is 33.3. The third-order valence-corrected chi connectivity index (χ3v) is 15.3. The second kappa shape index (κ2) is 11.1. The van der Waals surface area contributed by atoms with Crippen LogP contribution in [0.2, 0.25) is 0 Å². The van der Waals surface area contributed by atoms with Crippen molar-refractivity contribution < 1.29 is 38.6 Å². The summed E-state index contributed by atoms with van der Waals surface area (Å²) in [5.74, 6) is 2.80. The first-order valence-corrected chi connectivity index (χ1v) is 19.4. The van der Waals surface area contributed by atoms with E-state index < -0.39 is 22.7 Å². The summed E-state index contributed by atoms with van der Waals surface area (Å²) >= 11 is 0. The van der Waals surface area contributed by atoms with Gasteiger partial charge in [-0.2, -0.15) is 0 Å². The van der Waals surface area contributed by atoms with E-state index in [1.165, 1.54) is 12.8 Å². The van der Waals surface area contributed by atoms with E-state index >= 15 is 0 Å². The predicted octanol–water partition coefficient (Wildman–Crippen LogP) is 7.75.